The van der Waals surface area contributed by atoms with E-state index in [1.165, 1.54) is 18.2 Å². The molecular weight excluding hydrogens is 440 g/mol. The molecular formula is C25H38N2O7. The first-order valence-electron chi connectivity index (χ1n) is 11.3. The molecule has 0 bridgehead atoms. The van der Waals surface area contributed by atoms with E-state index in [4.69, 9.17) is 20.7 Å². The summed E-state index contributed by atoms with van der Waals surface area (Å²) >= 11 is 0. The summed E-state index contributed by atoms with van der Waals surface area (Å²) in [5.41, 5.74) is 7.57. The predicted octanol–water partition coefficient (Wildman–Crippen LogP) is 0.725. The number of benzene rings is 2. The zero-order valence-electron chi connectivity index (χ0n) is 20.0. The summed E-state index contributed by atoms with van der Waals surface area (Å²) in [4.78, 5) is 0. The van der Waals surface area contributed by atoms with Crippen molar-refractivity contribution in [1.29, 1.82) is 0 Å². The molecule has 0 aliphatic heterocycles. The third-order valence-electron chi connectivity index (χ3n) is 5.42. The van der Waals surface area contributed by atoms with Gasteiger partial charge in [-0.05, 0) is 50.1 Å². The van der Waals surface area contributed by atoms with Gasteiger partial charge in [0.1, 0.15) is 18.5 Å². The molecule has 4 atom stereocenters. The monoisotopic (exact) mass is 478 g/mol. The van der Waals surface area contributed by atoms with Gasteiger partial charge in [0, 0.05) is 37.0 Å². The van der Waals surface area contributed by atoms with Gasteiger partial charge in [-0.3, -0.25) is 0 Å². The molecule has 9 nitrogen and oxygen atoms in total. The van der Waals surface area contributed by atoms with Crippen molar-refractivity contribution in [1.82, 2.24) is 5.32 Å². The van der Waals surface area contributed by atoms with Crippen LogP contribution in [0.3, 0.4) is 0 Å². The molecule has 9 heteroatoms. The molecule has 3 unspecified atom stereocenters. The molecule has 0 spiro atoms. The quantitative estimate of drug-likeness (QED) is 0.267. The Labute approximate surface area is 200 Å². The largest absolute Gasteiger partial charge is 0.504 e. The van der Waals surface area contributed by atoms with Gasteiger partial charge in [-0.15, -0.1) is 0 Å². The lowest BCUT2D eigenvalue weighted by Crippen LogP contribution is -2.42. The molecule has 3 rings (SSSR count). The van der Waals surface area contributed by atoms with Crippen molar-refractivity contribution in [2.75, 3.05) is 19.7 Å². The maximum atomic E-state index is 10.00. The highest BCUT2D eigenvalue weighted by Gasteiger charge is 2.27. The Hall–Kier alpha value is -2.40. The molecule has 1 aliphatic rings. The SMILES string of the molecule is CC(C)(C)NCC(O)COc1cccc2c1CC(O)C(O)C2.NC[C@H](O)c1ccc(O)c(O)c1. The molecule has 190 valence electrons. The van der Waals surface area contributed by atoms with Crippen LogP contribution in [0.4, 0.5) is 0 Å². The average Bonchev–Trinajstić information content (AvgIpc) is 2.78. The lowest BCUT2D eigenvalue weighted by atomic mass is 9.87. The number of hydrogen-bond donors (Lipinski definition) is 8. The van der Waals surface area contributed by atoms with Gasteiger partial charge in [0.05, 0.1) is 18.3 Å². The van der Waals surface area contributed by atoms with Crippen LogP contribution in [0, 0.1) is 0 Å². The maximum Gasteiger partial charge on any atom is 0.157 e. The van der Waals surface area contributed by atoms with Crippen molar-refractivity contribution < 1.29 is 35.4 Å². The number of nitrogens with one attached hydrogen (secondary N) is 1. The van der Waals surface area contributed by atoms with Crippen LogP contribution < -0.4 is 15.8 Å². The summed E-state index contributed by atoms with van der Waals surface area (Å²) in [6.45, 7) is 6.87. The van der Waals surface area contributed by atoms with Crippen molar-refractivity contribution in [2.45, 2.75) is 63.6 Å². The van der Waals surface area contributed by atoms with Gasteiger partial charge in [0.2, 0.25) is 0 Å². The molecule has 1 aliphatic carbocycles. The number of phenolic OH excluding ortho intramolecular Hbond substituents is 2. The lowest BCUT2D eigenvalue weighted by Gasteiger charge is -2.28. The molecule has 2 aromatic rings. The predicted molar refractivity (Wildman–Crippen MR) is 129 cm³/mol. The second-order valence-electron chi connectivity index (χ2n) is 9.53. The first-order chi connectivity index (χ1) is 15.9. The number of fused-ring (bicyclic) bond motifs is 1. The van der Waals surface area contributed by atoms with Gasteiger partial charge in [0.25, 0.3) is 0 Å². The smallest absolute Gasteiger partial charge is 0.157 e. The number of ether oxygens (including phenoxy) is 1. The average molecular weight is 479 g/mol. The molecule has 0 saturated heterocycles. The van der Waals surface area contributed by atoms with Crippen LogP contribution >= 0.6 is 0 Å². The Morgan fingerprint density at radius 2 is 1.71 bits per heavy atom. The van der Waals surface area contributed by atoms with E-state index >= 15 is 0 Å². The molecule has 0 aromatic heterocycles. The van der Waals surface area contributed by atoms with E-state index in [1.54, 1.807) is 0 Å². The molecule has 2 aromatic carbocycles. The number of phenols is 2. The van der Waals surface area contributed by atoms with Gasteiger partial charge in [-0.1, -0.05) is 18.2 Å². The standard InChI is InChI=1S/C17H27NO4.C8H11NO3/c1-17(2,3)18-9-12(19)10-22-16-6-4-5-11-7-14(20)15(21)8-13(11)16;9-4-8(12)5-1-2-6(10)7(11)3-5/h4-6,12,14-15,18-21H,7-10H2,1-3H3;1-3,8,10-12H,4,9H2/t;8-/m.0/s1. The Bertz CT molecular complexity index is 917. The van der Waals surface area contributed by atoms with E-state index < -0.39 is 24.4 Å². The topological polar surface area (TPSA) is 169 Å². The number of rotatable bonds is 7. The summed E-state index contributed by atoms with van der Waals surface area (Å²) in [5, 5.41) is 60.0. The number of aliphatic hydroxyl groups is 4. The van der Waals surface area contributed by atoms with Crippen LogP contribution in [0.5, 0.6) is 17.2 Å². The minimum atomic E-state index is -0.795. The van der Waals surface area contributed by atoms with Crippen LogP contribution in [0.1, 0.15) is 43.6 Å². The van der Waals surface area contributed by atoms with Gasteiger partial charge in [0.15, 0.2) is 11.5 Å². The molecule has 0 fully saturated rings. The molecule has 0 heterocycles. The van der Waals surface area contributed by atoms with Crippen LogP contribution in [0.25, 0.3) is 0 Å². The zero-order valence-corrected chi connectivity index (χ0v) is 20.0. The summed E-state index contributed by atoms with van der Waals surface area (Å²) in [6.07, 6.45) is -2.06. The number of hydrogen-bond acceptors (Lipinski definition) is 9. The third kappa shape index (κ3) is 8.43. The van der Waals surface area contributed by atoms with E-state index in [0.717, 1.165) is 11.1 Å². The molecule has 0 amide bonds. The Morgan fingerprint density at radius 1 is 1.03 bits per heavy atom. The third-order valence-corrected chi connectivity index (χ3v) is 5.42. The normalized spacial score (nSPS) is 19.4. The van der Waals surface area contributed by atoms with Crippen molar-refractivity contribution in [3.05, 3.63) is 53.1 Å². The molecule has 9 N–H and O–H groups in total. The fourth-order valence-corrected chi connectivity index (χ4v) is 3.43. The van der Waals surface area contributed by atoms with Gasteiger partial charge in [-0.2, -0.15) is 0 Å². The van der Waals surface area contributed by atoms with Crippen LogP contribution in [-0.4, -0.2) is 74.2 Å². The number of nitrogens with two attached hydrogens (primary N) is 1. The van der Waals surface area contributed by atoms with Crippen LogP contribution in [0.2, 0.25) is 0 Å². The molecule has 0 radical (unpaired) electrons. The number of aliphatic hydroxyl groups excluding tert-OH is 4. The van der Waals surface area contributed by atoms with Crippen molar-refractivity contribution in [3.63, 3.8) is 0 Å². The zero-order chi connectivity index (χ0) is 25.5. The maximum absolute atomic E-state index is 10.00. The van der Waals surface area contributed by atoms with Gasteiger partial charge >= 0.3 is 0 Å². The van der Waals surface area contributed by atoms with E-state index in [9.17, 15) is 20.4 Å². The van der Waals surface area contributed by atoms with Crippen LogP contribution in [0.15, 0.2) is 36.4 Å². The fraction of sp³-hybridized carbons (Fsp3) is 0.520. The van der Waals surface area contributed by atoms with E-state index in [-0.39, 0.29) is 30.2 Å². The van der Waals surface area contributed by atoms with Gasteiger partial charge in [-0.25, -0.2) is 0 Å². The minimum absolute atomic E-state index is 0.0485. The first kappa shape index (κ1) is 27.8. The van der Waals surface area contributed by atoms with E-state index in [1.807, 2.05) is 39.0 Å². The fourth-order valence-electron chi connectivity index (χ4n) is 3.43. The van der Waals surface area contributed by atoms with Crippen LogP contribution in [-0.2, 0) is 12.8 Å². The van der Waals surface area contributed by atoms with Crippen molar-refractivity contribution in [3.8, 4) is 17.2 Å². The van der Waals surface area contributed by atoms with E-state index in [0.29, 0.717) is 30.7 Å². The summed E-state index contributed by atoms with van der Waals surface area (Å²) in [6, 6.07) is 9.75. The van der Waals surface area contributed by atoms with Crippen molar-refractivity contribution in [2.24, 2.45) is 5.73 Å². The Balaban J connectivity index is 0.000000287. The van der Waals surface area contributed by atoms with E-state index in [2.05, 4.69) is 5.32 Å². The summed E-state index contributed by atoms with van der Waals surface area (Å²) < 4.78 is 5.73. The molecule has 0 saturated carbocycles. The first-order valence-corrected chi connectivity index (χ1v) is 11.3. The Morgan fingerprint density at radius 3 is 2.32 bits per heavy atom. The lowest BCUT2D eigenvalue weighted by molar-refractivity contribution is 0.0132. The highest BCUT2D eigenvalue weighted by atomic mass is 16.5. The number of β-amino-alcohol motifs (C(OH)–C–C–N with tert-alkyl or cyclic N) is 1. The minimum Gasteiger partial charge on any atom is -0.504 e. The van der Waals surface area contributed by atoms with Crippen molar-refractivity contribution >= 4 is 0 Å². The molecule has 34 heavy (non-hydrogen) atoms. The highest BCUT2D eigenvalue weighted by Crippen LogP contribution is 2.30. The Kier molecular flexibility index (Phi) is 10.1. The van der Waals surface area contributed by atoms with Gasteiger partial charge < -0.3 is 46.4 Å². The summed E-state index contributed by atoms with van der Waals surface area (Å²) in [7, 11) is 0. The second kappa shape index (κ2) is 12.3. The number of aromatic hydroxyl groups is 2. The highest BCUT2D eigenvalue weighted by molar-refractivity contribution is 5.43. The summed E-state index contributed by atoms with van der Waals surface area (Å²) in [5.74, 6) is 0.223. The second-order valence-corrected chi connectivity index (χ2v) is 9.53.